The molecule has 28 heavy (non-hydrogen) atoms. The largest absolute Gasteiger partial charge is 0.489 e. The van der Waals surface area contributed by atoms with E-state index in [1.807, 2.05) is 38.1 Å². The van der Waals surface area contributed by atoms with Gasteiger partial charge in [-0.3, -0.25) is 4.79 Å². The maximum atomic E-state index is 12.5. The van der Waals surface area contributed by atoms with Crippen molar-refractivity contribution in [3.63, 3.8) is 0 Å². The number of aromatic nitrogens is 1. The van der Waals surface area contributed by atoms with Crippen molar-refractivity contribution in [2.24, 2.45) is 0 Å². The molecule has 0 saturated heterocycles. The van der Waals surface area contributed by atoms with E-state index in [1.165, 1.54) is 5.56 Å². The van der Waals surface area contributed by atoms with Crippen LogP contribution in [-0.4, -0.2) is 11.1 Å². The molecule has 5 nitrogen and oxygen atoms in total. The highest BCUT2D eigenvalue weighted by atomic mass is 16.5. The third kappa shape index (κ3) is 4.60. The Morgan fingerprint density at radius 1 is 1.04 bits per heavy atom. The summed E-state index contributed by atoms with van der Waals surface area (Å²) in [4.78, 5) is 12.5. The van der Waals surface area contributed by atoms with Crippen molar-refractivity contribution < 1.29 is 14.1 Å². The summed E-state index contributed by atoms with van der Waals surface area (Å²) in [5.41, 5.74) is 4.43. The molecule has 0 saturated carbocycles. The molecule has 3 rings (SSSR count). The van der Waals surface area contributed by atoms with Gasteiger partial charge in [-0.1, -0.05) is 38.1 Å². The first-order valence-corrected chi connectivity index (χ1v) is 9.30. The summed E-state index contributed by atoms with van der Waals surface area (Å²) < 4.78 is 10.9. The van der Waals surface area contributed by atoms with E-state index in [9.17, 15) is 4.79 Å². The molecule has 0 aliphatic carbocycles. The predicted octanol–water partition coefficient (Wildman–Crippen LogP) is 5.42. The van der Waals surface area contributed by atoms with Crippen LogP contribution in [0.2, 0.25) is 0 Å². The number of hydrogen-bond acceptors (Lipinski definition) is 4. The van der Waals surface area contributed by atoms with Crippen LogP contribution in [0.3, 0.4) is 0 Å². The molecule has 0 fully saturated rings. The summed E-state index contributed by atoms with van der Waals surface area (Å²) in [5.74, 6) is 1.29. The number of nitrogens with zero attached hydrogens (tertiary/aromatic N) is 1. The number of carbonyl (C=O) groups excluding carboxylic acids is 1. The van der Waals surface area contributed by atoms with Crippen LogP contribution in [0.15, 0.2) is 53.1 Å². The van der Waals surface area contributed by atoms with Crippen LogP contribution < -0.4 is 10.1 Å². The molecule has 1 N–H and O–H groups in total. The van der Waals surface area contributed by atoms with E-state index in [0.717, 1.165) is 22.7 Å². The molecule has 0 bridgehead atoms. The van der Waals surface area contributed by atoms with Gasteiger partial charge in [-0.25, -0.2) is 0 Å². The van der Waals surface area contributed by atoms with Gasteiger partial charge in [0, 0.05) is 11.3 Å². The molecule has 0 atom stereocenters. The van der Waals surface area contributed by atoms with Gasteiger partial charge in [-0.05, 0) is 61.2 Å². The molecule has 146 valence electrons. The molecule has 1 heterocycles. The Morgan fingerprint density at radius 3 is 2.21 bits per heavy atom. The molecule has 0 unspecified atom stereocenters. The van der Waals surface area contributed by atoms with E-state index < -0.39 is 0 Å². The summed E-state index contributed by atoms with van der Waals surface area (Å²) in [7, 11) is 0. The molecule has 2 aromatic carbocycles. The summed E-state index contributed by atoms with van der Waals surface area (Å²) in [5, 5.41) is 6.84. The van der Waals surface area contributed by atoms with Gasteiger partial charge in [0.2, 0.25) is 0 Å². The molecule has 1 aromatic heterocycles. The SMILES string of the molecule is Cc1noc(C)c1COc1ccc(C(=O)Nc2ccc(C(C)(C)C)cc2)cc1. The zero-order valence-electron chi connectivity index (χ0n) is 17.0. The fourth-order valence-electron chi connectivity index (χ4n) is 2.82. The Hall–Kier alpha value is -3.08. The maximum Gasteiger partial charge on any atom is 0.255 e. The highest BCUT2D eigenvalue weighted by molar-refractivity contribution is 6.04. The van der Waals surface area contributed by atoms with E-state index in [1.54, 1.807) is 24.3 Å². The van der Waals surface area contributed by atoms with Gasteiger partial charge >= 0.3 is 0 Å². The van der Waals surface area contributed by atoms with Crippen LogP contribution in [0.25, 0.3) is 0 Å². The van der Waals surface area contributed by atoms with Gasteiger partial charge in [0.25, 0.3) is 5.91 Å². The second kappa shape index (κ2) is 7.89. The molecule has 3 aromatic rings. The van der Waals surface area contributed by atoms with Gasteiger partial charge in [0.15, 0.2) is 0 Å². The van der Waals surface area contributed by atoms with Crippen molar-refractivity contribution in [3.8, 4) is 5.75 Å². The Bertz CT molecular complexity index is 930. The van der Waals surface area contributed by atoms with Gasteiger partial charge in [-0.2, -0.15) is 0 Å². The topological polar surface area (TPSA) is 64.4 Å². The lowest BCUT2D eigenvalue weighted by molar-refractivity contribution is 0.102. The molecule has 0 aliphatic heterocycles. The molecular formula is C23H26N2O3. The predicted molar refractivity (Wildman–Crippen MR) is 110 cm³/mol. The van der Waals surface area contributed by atoms with E-state index in [2.05, 4.69) is 31.2 Å². The van der Waals surface area contributed by atoms with Gasteiger partial charge in [0.05, 0.1) is 11.3 Å². The Kier molecular flexibility index (Phi) is 5.54. The van der Waals surface area contributed by atoms with Gasteiger partial charge < -0.3 is 14.6 Å². The summed E-state index contributed by atoms with van der Waals surface area (Å²) >= 11 is 0. The molecule has 0 spiro atoms. The van der Waals surface area contributed by atoms with Crippen molar-refractivity contribution in [1.29, 1.82) is 0 Å². The first-order valence-electron chi connectivity index (χ1n) is 9.30. The Labute approximate surface area is 165 Å². The van der Waals surface area contributed by atoms with Crippen molar-refractivity contribution >= 4 is 11.6 Å². The van der Waals surface area contributed by atoms with Crippen molar-refractivity contribution in [2.45, 2.75) is 46.6 Å². The minimum absolute atomic E-state index is 0.0853. The number of carbonyl (C=O) groups is 1. The van der Waals surface area contributed by atoms with Crippen LogP contribution in [0.4, 0.5) is 5.69 Å². The van der Waals surface area contributed by atoms with Gasteiger partial charge in [0.1, 0.15) is 18.1 Å². The number of benzene rings is 2. The number of ether oxygens (including phenoxy) is 1. The molecular weight excluding hydrogens is 352 g/mol. The second-order valence-electron chi connectivity index (χ2n) is 7.90. The standard InChI is InChI=1S/C23H26N2O3/c1-15-21(16(2)28-25-15)14-27-20-12-6-17(7-13-20)22(26)24-19-10-8-18(9-11-19)23(3,4)5/h6-13H,14H2,1-5H3,(H,24,26). The average molecular weight is 378 g/mol. The van der Waals surface area contributed by atoms with E-state index in [-0.39, 0.29) is 11.3 Å². The summed E-state index contributed by atoms with van der Waals surface area (Å²) in [6.45, 7) is 10.6. The Balaban J connectivity index is 1.60. The second-order valence-corrected chi connectivity index (χ2v) is 7.90. The highest BCUT2D eigenvalue weighted by Gasteiger charge is 2.14. The van der Waals surface area contributed by atoms with Crippen LogP contribution >= 0.6 is 0 Å². The lowest BCUT2D eigenvalue weighted by Crippen LogP contribution is -2.13. The quantitative estimate of drug-likeness (QED) is 0.644. The number of aryl methyl sites for hydroxylation is 2. The number of anilines is 1. The minimum atomic E-state index is -0.152. The van der Waals surface area contributed by atoms with Crippen molar-refractivity contribution in [1.82, 2.24) is 5.16 Å². The number of hydrogen-bond donors (Lipinski definition) is 1. The average Bonchev–Trinajstić information content (AvgIpc) is 2.98. The van der Waals surface area contributed by atoms with Crippen LogP contribution in [-0.2, 0) is 12.0 Å². The zero-order chi connectivity index (χ0) is 20.3. The fraction of sp³-hybridized carbons (Fsp3) is 0.304. The third-order valence-corrected chi connectivity index (χ3v) is 4.69. The lowest BCUT2D eigenvalue weighted by atomic mass is 9.87. The van der Waals surface area contributed by atoms with Crippen molar-refractivity contribution in [2.75, 3.05) is 5.32 Å². The maximum absolute atomic E-state index is 12.5. The molecule has 5 heteroatoms. The zero-order valence-corrected chi connectivity index (χ0v) is 17.0. The first-order chi connectivity index (χ1) is 13.2. The monoisotopic (exact) mass is 378 g/mol. The molecule has 0 radical (unpaired) electrons. The minimum Gasteiger partial charge on any atom is -0.489 e. The fourth-order valence-corrected chi connectivity index (χ4v) is 2.82. The van der Waals surface area contributed by atoms with E-state index in [0.29, 0.717) is 17.9 Å². The van der Waals surface area contributed by atoms with E-state index >= 15 is 0 Å². The van der Waals surface area contributed by atoms with Crippen LogP contribution in [0.1, 0.15) is 53.7 Å². The Morgan fingerprint density at radius 2 is 1.68 bits per heavy atom. The van der Waals surface area contributed by atoms with Crippen molar-refractivity contribution in [3.05, 3.63) is 76.7 Å². The smallest absolute Gasteiger partial charge is 0.255 e. The lowest BCUT2D eigenvalue weighted by Gasteiger charge is -2.19. The normalized spacial score (nSPS) is 11.3. The third-order valence-electron chi connectivity index (χ3n) is 4.69. The highest BCUT2D eigenvalue weighted by Crippen LogP contribution is 2.24. The molecule has 1 amide bonds. The molecule has 0 aliphatic rings. The van der Waals surface area contributed by atoms with E-state index in [4.69, 9.17) is 9.26 Å². The van der Waals surface area contributed by atoms with Gasteiger partial charge in [-0.15, -0.1) is 0 Å². The summed E-state index contributed by atoms with van der Waals surface area (Å²) in [6, 6.07) is 15.0. The number of amides is 1. The number of nitrogens with one attached hydrogen (secondary N) is 1. The summed E-state index contributed by atoms with van der Waals surface area (Å²) in [6.07, 6.45) is 0. The van der Waals surface area contributed by atoms with Crippen LogP contribution in [0, 0.1) is 13.8 Å². The number of rotatable bonds is 5. The first kappa shape index (κ1) is 19.7. The van der Waals surface area contributed by atoms with Crippen LogP contribution in [0.5, 0.6) is 5.75 Å².